The summed E-state index contributed by atoms with van der Waals surface area (Å²) < 4.78 is 5.74. The smallest absolute Gasteiger partial charge is 0.0593 e. The maximum atomic E-state index is 5.74. The zero-order chi connectivity index (χ0) is 14.9. The molecule has 1 aliphatic heterocycles. The summed E-state index contributed by atoms with van der Waals surface area (Å²) in [6.07, 6.45) is 2.28. The molecule has 0 bridgehead atoms. The van der Waals surface area contributed by atoms with Crippen molar-refractivity contribution < 1.29 is 4.74 Å². The summed E-state index contributed by atoms with van der Waals surface area (Å²) in [5.41, 5.74) is 1.42. The van der Waals surface area contributed by atoms with Gasteiger partial charge in [0.25, 0.3) is 0 Å². The molecule has 1 saturated heterocycles. The van der Waals surface area contributed by atoms with E-state index in [1.54, 1.807) is 0 Å². The minimum absolute atomic E-state index is 0.566. The topological polar surface area (TPSA) is 24.5 Å². The summed E-state index contributed by atoms with van der Waals surface area (Å²) in [5.74, 6) is 0.736. The van der Waals surface area contributed by atoms with Gasteiger partial charge in [0.15, 0.2) is 0 Å². The third-order valence-electron chi connectivity index (χ3n) is 4.06. The molecule has 1 atom stereocenters. The standard InChI is InChI=1S/C18H30N2O/c1-16(2)8-12-21-13-11-20-10-9-19-18(15-20)14-17-6-4-3-5-7-17/h3-7,16,18-19H,8-15H2,1-2H3. The summed E-state index contributed by atoms with van der Waals surface area (Å²) in [4.78, 5) is 2.53. The fraction of sp³-hybridized carbons (Fsp3) is 0.667. The van der Waals surface area contributed by atoms with Crippen LogP contribution in [0.5, 0.6) is 0 Å². The quantitative estimate of drug-likeness (QED) is 0.745. The highest BCUT2D eigenvalue weighted by Crippen LogP contribution is 2.07. The van der Waals surface area contributed by atoms with Crippen LogP contribution in [0.25, 0.3) is 0 Å². The van der Waals surface area contributed by atoms with Gasteiger partial charge in [-0.15, -0.1) is 0 Å². The second-order valence-electron chi connectivity index (χ2n) is 6.44. The van der Waals surface area contributed by atoms with E-state index in [9.17, 15) is 0 Å². The highest BCUT2D eigenvalue weighted by molar-refractivity contribution is 5.16. The van der Waals surface area contributed by atoms with E-state index in [0.717, 1.165) is 58.2 Å². The van der Waals surface area contributed by atoms with Crippen LogP contribution in [-0.4, -0.2) is 50.3 Å². The maximum Gasteiger partial charge on any atom is 0.0593 e. The minimum Gasteiger partial charge on any atom is -0.380 e. The molecular weight excluding hydrogens is 260 g/mol. The molecule has 1 aliphatic rings. The molecule has 118 valence electrons. The Labute approximate surface area is 129 Å². The summed E-state index contributed by atoms with van der Waals surface area (Å²) in [7, 11) is 0. The number of nitrogens with one attached hydrogen (secondary N) is 1. The summed E-state index contributed by atoms with van der Waals surface area (Å²) >= 11 is 0. The monoisotopic (exact) mass is 290 g/mol. The number of ether oxygens (including phenoxy) is 1. The van der Waals surface area contributed by atoms with Crippen molar-refractivity contribution in [3.63, 3.8) is 0 Å². The average molecular weight is 290 g/mol. The first-order chi connectivity index (χ1) is 10.2. The number of rotatable bonds is 8. The lowest BCUT2D eigenvalue weighted by atomic mass is 10.0. The molecule has 2 rings (SSSR count). The van der Waals surface area contributed by atoms with Gasteiger partial charge >= 0.3 is 0 Å². The number of hydrogen-bond donors (Lipinski definition) is 1. The van der Waals surface area contributed by atoms with Gasteiger partial charge < -0.3 is 10.1 Å². The third kappa shape index (κ3) is 6.60. The van der Waals surface area contributed by atoms with Gasteiger partial charge in [0, 0.05) is 38.8 Å². The van der Waals surface area contributed by atoms with Crippen LogP contribution in [0.4, 0.5) is 0 Å². The number of nitrogens with zero attached hydrogens (tertiary/aromatic N) is 1. The molecule has 0 amide bonds. The van der Waals surface area contributed by atoms with Crippen molar-refractivity contribution in [3.8, 4) is 0 Å². The van der Waals surface area contributed by atoms with E-state index >= 15 is 0 Å². The molecule has 3 heteroatoms. The Morgan fingerprint density at radius 2 is 2.05 bits per heavy atom. The molecule has 1 fully saturated rings. The van der Waals surface area contributed by atoms with E-state index in [0.29, 0.717) is 6.04 Å². The van der Waals surface area contributed by atoms with Crippen molar-refractivity contribution in [1.29, 1.82) is 0 Å². The Balaban J connectivity index is 1.64. The molecule has 1 heterocycles. The highest BCUT2D eigenvalue weighted by atomic mass is 16.5. The average Bonchev–Trinajstić information content (AvgIpc) is 2.48. The maximum absolute atomic E-state index is 5.74. The van der Waals surface area contributed by atoms with Crippen LogP contribution < -0.4 is 5.32 Å². The molecule has 1 N–H and O–H groups in total. The fourth-order valence-electron chi connectivity index (χ4n) is 2.75. The van der Waals surface area contributed by atoms with E-state index in [4.69, 9.17) is 4.74 Å². The zero-order valence-electron chi connectivity index (χ0n) is 13.6. The molecule has 1 aromatic rings. The summed E-state index contributed by atoms with van der Waals surface area (Å²) in [5, 5.41) is 3.63. The van der Waals surface area contributed by atoms with Crippen molar-refractivity contribution in [2.45, 2.75) is 32.7 Å². The van der Waals surface area contributed by atoms with E-state index in [1.807, 2.05) is 0 Å². The second-order valence-corrected chi connectivity index (χ2v) is 6.44. The van der Waals surface area contributed by atoms with Gasteiger partial charge in [0.05, 0.1) is 6.61 Å². The molecule has 0 saturated carbocycles. The van der Waals surface area contributed by atoms with Crippen molar-refractivity contribution in [2.24, 2.45) is 5.92 Å². The Morgan fingerprint density at radius 3 is 2.81 bits per heavy atom. The zero-order valence-corrected chi connectivity index (χ0v) is 13.6. The van der Waals surface area contributed by atoms with E-state index in [-0.39, 0.29) is 0 Å². The van der Waals surface area contributed by atoms with Crippen LogP contribution in [0.3, 0.4) is 0 Å². The Kier molecular flexibility index (Phi) is 7.20. The molecule has 1 unspecified atom stereocenters. The summed E-state index contributed by atoms with van der Waals surface area (Å²) in [6.45, 7) is 10.7. The van der Waals surface area contributed by atoms with Gasteiger partial charge in [0.1, 0.15) is 0 Å². The lowest BCUT2D eigenvalue weighted by Gasteiger charge is -2.33. The first kappa shape index (κ1) is 16.5. The van der Waals surface area contributed by atoms with Crippen LogP contribution in [0.2, 0.25) is 0 Å². The molecule has 0 radical (unpaired) electrons. The first-order valence-corrected chi connectivity index (χ1v) is 8.31. The lowest BCUT2D eigenvalue weighted by molar-refractivity contribution is 0.0855. The van der Waals surface area contributed by atoms with E-state index < -0.39 is 0 Å². The van der Waals surface area contributed by atoms with Crippen molar-refractivity contribution in [3.05, 3.63) is 35.9 Å². The second kappa shape index (κ2) is 9.19. The van der Waals surface area contributed by atoms with Gasteiger partial charge in [-0.2, -0.15) is 0 Å². The normalized spacial score (nSPS) is 20.0. The largest absolute Gasteiger partial charge is 0.380 e. The van der Waals surface area contributed by atoms with Crippen LogP contribution in [0.1, 0.15) is 25.8 Å². The highest BCUT2D eigenvalue weighted by Gasteiger charge is 2.18. The van der Waals surface area contributed by atoms with Gasteiger partial charge in [-0.25, -0.2) is 0 Å². The Hall–Kier alpha value is -0.900. The third-order valence-corrected chi connectivity index (χ3v) is 4.06. The molecule has 21 heavy (non-hydrogen) atoms. The Bertz CT molecular complexity index is 380. The van der Waals surface area contributed by atoms with Gasteiger partial charge in [0.2, 0.25) is 0 Å². The predicted molar refractivity (Wildman–Crippen MR) is 88.7 cm³/mol. The van der Waals surface area contributed by atoms with Gasteiger partial charge in [-0.1, -0.05) is 44.2 Å². The molecule has 0 spiro atoms. The van der Waals surface area contributed by atoms with Gasteiger partial charge in [-0.3, -0.25) is 4.90 Å². The molecule has 1 aromatic carbocycles. The number of piperazine rings is 1. The van der Waals surface area contributed by atoms with Gasteiger partial charge in [-0.05, 0) is 24.3 Å². The van der Waals surface area contributed by atoms with E-state index in [1.165, 1.54) is 5.56 Å². The Morgan fingerprint density at radius 1 is 1.24 bits per heavy atom. The molecular formula is C18H30N2O. The fourth-order valence-corrected chi connectivity index (χ4v) is 2.75. The molecule has 3 nitrogen and oxygen atoms in total. The van der Waals surface area contributed by atoms with Crippen molar-refractivity contribution in [2.75, 3.05) is 39.4 Å². The van der Waals surface area contributed by atoms with Crippen molar-refractivity contribution >= 4 is 0 Å². The number of benzene rings is 1. The van der Waals surface area contributed by atoms with E-state index in [2.05, 4.69) is 54.4 Å². The SMILES string of the molecule is CC(C)CCOCCN1CCNC(Cc2ccccc2)C1. The number of hydrogen-bond acceptors (Lipinski definition) is 3. The first-order valence-electron chi connectivity index (χ1n) is 8.31. The van der Waals surface area contributed by atoms with Crippen LogP contribution in [-0.2, 0) is 11.2 Å². The van der Waals surface area contributed by atoms with Crippen LogP contribution in [0, 0.1) is 5.92 Å². The lowest BCUT2D eigenvalue weighted by Crippen LogP contribution is -2.52. The molecule has 0 aromatic heterocycles. The van der Waals surface area contributed by atoms with Crippen LogP contribution in [0.15, 0.2) is 30.3 Å². The minimum atomic E-state index is 0.566. The van der Waals surface area contributed by atoms with Crippen LogP contribution >= 0.6 is 0 Å². The molecule has 0 aliphatic carbocycles. The van der Waals surface area contributed by atoms with Crippen molar-refractivity contribution in [1.82, 2.24) is 10.2 Å². The summed E-state index contributed by atoms with van der Waals surface area (Å²) in [6, 6.07) is 11.3. The predicted octanol–water partition coefficient (Wildman–Crippen LogP) is 2.57.